The van der Waals surface area contributed by atoms with Gasteiger partial charge in [0.1, 0.15) is 24.6 Å². The molecule has 0 spiro atoms. The van der Waals surface area contributed by atoms with E-state index in [2.05, 4.69) is 44.1 Å². The SMILES string of the molecule is CCN(CCn1cc[n+](C)c1)c1ccc(/N=N/c2nc(C)c(C)s2)c(Cl)c1.[Br-]. The molecule has 28 heavy (non-hydrogen) atoms. The van der Waals surface area contributed by atoms with E-state index >= 15 is 0 Å². The molecule has 3 rings (SSSR count). The number of halogens is 2. The highest BCUT2D eigenvalue weighted by atomic mass is 79.9. The van der Waals surface area contributed by atoms with Crippen molar-refractivity contribution in [2.24, 2.45) is 17.3 Å². The molecule has 0 aliphatic heterocycles. The van der Waals surface area contributed by atoms with Crippen molar-refractivity contribution in [2.45, 2.75) is 27.3 Å². The van der Waals surface area contributed by atoms with Crippen LogP contribution in [0.5, 0.6) is 0 Å². The second kappa shape index (κ2) is 10.1. The fraction of sp³-hybridized carbons (Fsp3) is 0.368. The van der Waals surface area contributed by atoms with Crippen molar-refractivity contribution in [1.82, 2.24) is 9.55 Å². The van der Waals surface area contributed by atoms with Gasteiger partial charge in [-0.3, -0.25) is 0 Å². The first-order chi connectivity index (χ1) is 13.0. The van der Waals surface area contributed by atoms with E-state index in [0.717, 1.165) is 35.9 Å². The van der Waals surface area contributed by atoms with Crippen molar-refractivity contribution in [3.63, 3.8) is 0 Å². The molecule has 0 amide bonds. The number of rotatable bonds is 7. The van der Waals surface area contributed by atoms with Crippen LogP contribution in [0, 0.1) is 13.8 Å². The summed E-state index contributed by atoms with van der Waals surface area (Å²) >= 11 is 7.98. The number of aryl methyl sites for hydroxylation is 3. The van der Waals surface area contributed by atoms with Crippen molar-refractivity contribution in [3.05, 3.63) is 52.5 Å². The monoisotopic (exact) mass is 482 g/mol. The maximum absolute atomic E-state index is 6.45. The Kier molecular flexibility index (Phi) is 8.15. The molecule has 0 saturated carbocycles. The highest BCUT2D eigenvalue weighted by molar-refractivity contribution is 7.15. The normalized spacial score (nSPS) is 11.0. The van der Waals surface area contributed by atoms with Crippen molar-refractivity contribution in [2.75, 3.05) is 18.0 Å². The molecule has 3 aromatic rings. The maximum Gasteiger partial charge on any atom is 0.243 e. The Morgan fingerprint density at radius 1 is 1.29 bits per heavy atom. The molecular weight excluding hydrogens is 460 g/mol. The molecule has 0 saturated heterocycles. The molecule has 0 aliphatic carbocycles. The fourth-order valence-corrected chi connectivity index (χ4v) is 3.65. The van der Waals surface area contributed by atoms with Crippen molar-refractivity contribution >= 4 is 39.4 Å². The Morgan fingerprint density at radius 3 is 2.64 bits per heavy atom. The second-order valence-corrected chi connectivity index (χ2v) is 7.96. The summed E-state index contributed by atoms with van der Waals surface area (Å²) < 4.78 is 4.21. The molecule has 0 radical (unpaired) electrons. The molecular formula is C19H24BrClN6S. The van der Waals surface area contributed by atoms with E-state index in [1.807, 2.05) is 49.9 Å². The summed E-state index contributed by atoms with van der Waals surface area (Å²) in [5.74, 6) is 0. The number of imidazole rings is 1. The lowest BCUT2D eigenvalue weighted by Gasteiger charge is -2.22. The maximum atomic E-state index is 6.45. The summed E-state index contributed by atoms with van der Waals surface area (Å²) in [5.41, 5.74) is 2.73. The molecule has 1 aromatic carbocycles. The van der Waals surface area contributed by atoms with Crippen LogP contribution in [-0.2, 0) is 13.6 Å². The van der Waals surface area contributed by atoms with Gasteiger partial charge in [-0.1, -0.05) is 22.9 Å². The summed E-state index contributed by atoms with van der Waals surface area (Å²) in [6, 6.07) is 5.90. The highest BCUT2D eigenvalue weighted by Crippen LogP contribution is 2.32. The van der Waals surface area contributed by atoms with Crippen LogP contribution in [0.1, 0.15) is 17.5 Å². The number of benzene rings is 1. The molecule has 6 nitrogen and oxygen atoms in total. The van der Waals surface area contributed by atoms with Gasteiger partial charge in [0.15, 0.2) is 0 Å². The summed E-state index contributed by atoms with van der Waals surface area (Å²) in [7, 11) is 2.02. The number of anilines is 1. The number of hydrogen-bond donors (Lipinski definition) is 0. The Hall–Kier alpha value is -1.77. The summed E-state index contributed by atoms with van der Waals surface area (Å²) in [4.78, 5) is 7.82. The Balaban J connectivity index is 0.00000280. The van der Waals surface area contributed by atoms with Gasteiger partial charge in [-0.2, -0.15) is 0 Å². The first-order valence-corrected chi connectivity index (χ1v) is 10.1. The molecule has 0 N–H and O–H groups in total. The van der Waals surface area contributed by atoms with Gasteiger partial charge in [0.05, 0.1) is 24.3 Å². The van der Waals surface area contributed by atoms with Crippen LogP contribution in [0.3, 0.4) is 0 Å². The van der Waals surface area contributed by atoms with Crippen molar-refractivity contribution in [3.8, 4) is 0 Å². The third kappa shape index (κ3) is 5.62. The van der Waals surface area contributed by atoms with Crippen LogP contribution in [0.4, 0.5) is 16.5 Å². The van der Waals surface area contributed by atoms with Crippen LogP contribution in [0.2, 0.25) is 5.02 Å². The van der Waals surface area contributed by atoms with Gasteiger partial charge < -0.3 is 21.9 Å². The van der Waals surface area contributed by atoms with Gasteiger partial charge in [-0.15, -0.1) is 10.2 Å². The Morgan fingerprint density at radius 2 is 2.07 bits per heavy atom. The molecule has 0 fully saturated rings. The zero-order valence-electron chi connectivity index (χ0n) is 16.4. The number of aromatic nitrogens is 3. The third-order valence-electron chi connectivity index (χ3n) is 4.39. The lowest BCUT2D eigenvalue weighted by molar-refractivity contribution is -0.671. The van der Waals surface area contributed by atoms with Crippen LogP contribution in [-0.4, -0.2) is 22.6 Å². The van der Waals surface area contributed by atoms with E-state index in [1.165, 1.54) is 11.3 Å². The number of thiazole rings is 1. The number of likely N-dealkylation sites (N-methyl/N-ethyl adjacent to an activating group) is 1. The van der Waals surface area contributed by atoms with Gasteiger partial charge in [0.25, 0.3) is 0 Å². The lowest BCUT2D eigenvalue weighted by atomic mass is 10.2. The standard InChI is InChI=1S/C19H24ClN6S.BrH/c1-5-26(11-10-25-9-8-24(4)13-25)16-6-7-18(17(20)12-16)22-23-19-21-14(2)15(3)27-19;/h6-9,12-13H,5,10-11H2,1-4H3;1H/q+1;/p-1/b23-22+;. The molecule has 0 bridgehead atoms. The van der Waals surface area contributed by atoms with Gasteiger partial charge in [-0.25, -0.2) is 14.1 Å². The summed E-state index contributed by atoms with van der Waals surface area (Å²) in [6.45, 7) is 8.86. The average molecular weight is 484 g/mol. The van der Waals surface area contributed by atoms with E-state index in [1.54, 1.807) is 0 Å². The quantitative estimate of drug-likeness (QED) is 0.381. The van der Waals surface area contributed by atoms with E-state index in [0.29, 0.717) is 15.8 Å². The van der Waals surface area contributed by atoms with Crippen molar-refractivity contribution in [1.29, 1.82) is 0 Å². The van der Waals surface area contributed by atoms with E-state index < -0.39 is 0 Å². The topological polar surface area (TPSA) is 49.7 Å². The van der Waals surface area contributed by atoms with Gasteiger partial charge >= 0.3 is 0 Å². The first-order valence-electron chi connectivity index (χ1n) is 8.87. The fourth-order valence-electron chi connectivity index (χ4n) is 2.71. The zero-order chi connectivity index (χ0) is 19.4. The second-order valence-electron chi connectivity index (χ2n) is 6.37. The third-order valence-corrected chi connectivity index (χ3v) is 5.65. The molecule has 2 aromatic heterocycles. The predicted molar refractivity (Wildman–Crippen MR) is 111 cm³/mol. The molecule has 0 atom stereocenters. The molecule has 0 unspecified atom stereocenters. The Bertz CT molecular complexity index is 932. The number of hydrogen-bond acceptors (Lipinski definition) is 5. The minimum atomic E-state index is 0. The van der Waals surface area contributed by atoms with Gasteiger partial charge in [-0.05, 0) is 39.0 Å². The molecule has 0 aliphatic rings. The van der Waals surface area contributed by atoms with E-state index in [4.69, 9.17) is 11.6 Å². The number of nitrogens with zero attached hydrogens (tertiary/aromatic N) is 6. The highest BCUT2D eigenvalue weighted by Gasteiger charge is 2.10. The lowest BCUT2D eigenvalue weighted by Crippen LogP contribution is -3.00. The molecule has 9 heteroatoms. The van der Waals surface area contributed by atoms with Crippen LogP contribution in [0.15, 0.2) is 47.1 Å². The van der Waals surface area contributed by atoms with Crippen LogP contribution < -0.4 is 26.4 Å². The van der Waals surface area contributed by atoms with Crippen molar-refractivity contribution < 1.29 is 21.5 Å². The van der Waals surface area contributed by atoms with Crippen LogP contribution >= 0.6 is 22.9 Å². The van der Waals surface area contributed by atoms with E-state index in [-0.39, 0.29) is 17.0 Å². The van der Waals surface area contributed by atoms with Gasteiger partial charge in [0, 0.05) is 17.1 Å². The van der Waals surface area contributed by atoms with Crippen LogP contribution in [0.25, 0.3) is 0 Å². The summed E-state index contributed by atoms with van der Waals surface area (Å²) in [6.07, 6.45) is 6.19. The minimum Gasteiger partial charge on any atom is -1.00 e. The predicted octanol–water partition coefficient (Wildman–Crippen LogP) is 1.99. The first kappa shape index (κ1) is 22.5. The smallest absolute Gasteiger partial charge is 0.243 e. The average Bonchev–Trinajstić information content (AvgIpc) is 3.20. The van der Waals surface area contributed by atoms with E-state index in [9.17, 15) is 0 Å². The molecule has 2 heterocycles. The number of azo groups is 1. The zero-order valence-corrected chi connectivity index (χ0v) is 19.6. The Labute approximate surface area is 185 Å². The molecule has 150 valence electrons. The minimum absolute atomic E-state index is 0. The largest absolute Gasteiger partial charge is 1.00 e. The van der Waals surface area contributed by atoms with Gasteiger partial charge in [0.2, 0.25) is 11.5 Å². The summed E-state index contributed by atoms with van der Waals surface area (Å²) in [5, 5.41) is 9.73.